The average molecular weight is 505 g/mol. The molecule has 1 aromatic heterocycles. The predicted molar refractivity (Wildman–Crippen MR) is 140 cm³/mol. The number of aliphatic hydroxyl groups is 2. The summed E-state index contributed by atoms with van der Waals surface area (Å²) in [7, 11) is 7.04. The van der Waals surface area contributed by atoms with Crippen LogP contribution in [-0.2, 0) is 5.60 Å². The minimum absolute atomic E-state index is 0.185. The first-order valence-electron chi connectivity index (χ1n) is 13.2. The molecule has 4 aliphatic rings. The summed E-state index contributed by atoms with van der Waals surface area (Å²) in [5.41, 5.74) is -0.140. The van der Waals surface area contributed by atoms with Crippen molar-refractivity contribution in [2.24, 2.45) is 17.8 Å². The molecule has 2 N–H and O–H groups in total. The summed E-state index contributed by atoms with van der Waals surface area (Å²) in [6.45, 7) is 0.578. The highest BCUT2D eigenvalue weighted by Crippen LogP contribution is 2.69. The molecule has 7 heteroatoms. The topological polar surface area (TPSA) is 84.3 Å². The number of allylic oxidation sites excluding steroid dienone is 3. The second kappa shape index (κ2) is 8.86. The van der Waals surface area contributed by atoms with E-state index in [0.717, 1.165) is 12.0 Å². The molecule has 6 rings (SSSR count). The van der Waals surface area contributed by atoms with Crippen LogP contribution in [0, 0.1) is 17.8 Å². The Balaban J connectivity index is 1.59. The van der Waals surface area contributed by atoms with Gasteiger partial charge in [-0.15, -0.1) is 0 Å². The Kier molecular flexibility index (Phi) is 5.86. The first-order chi connectivity index (χ1) is 17.8. The molecule has 196 valence electrons. The van der Waals surface area contributed by atoms with Gasteiger partial charge in [-0.1, -0.05) is 48.6 Å². The molecule has 3 aliphatic carbocycles. The van der Waals surface area contributed by atoms with Crippen LogP contribution in [0.3, 0.4) is 0 Å². The summed E-state index contributed by atoms with van der Waals surface area (Å²) in [6, 6.07) is 11.9. The Morgan fingerprint density at radius 1 is 1.14 bits per heavy atom. The molecule has 1 aromatic carbocycles. The highest BCUT2D eigenvalue weighted by Gasteiger charge is 2.78. The summed E-state index contributed by atoms with van der Waals surface area (Å²) in [5.74, 6) is 0.845. The number of fused-ring (bicyclic) bond motifs is 3. The Labute approximate surface area is 218 Å². The van der Waals surface area contributed by atoms with Crippen molar-refractivity contribution < 1.29 is 24.4 Å². The normalized spacial score (nSPS) is 34.1. The van der Waals surface area contributed by atoms with Gasteiger partial charge in [-0.2, -0.15) is 4.98 Å². The second-order valence-corrected chi connectivity index (χ2v) is 11.1. The quantitative estimate of drug-likeness (QED) is 0.595. The number of ether oxygens (including phenoxy) is 3. The minimum Gasteiger partial charge on any atom is -0.482 e. The van der Waals surface area contributed by atoms with E-state index in [1.807, 2.05) is 32.3 Å². The van der Waals surface area contributed by atoms with Crippen LogP contribution >= 0.6 is 0 Å². The monoisotopic (exact) mass is 504 g/mol. The van der Waals surface area contributed by atoms with E-state index in [1.165, 1.54) is 32.6 Å². The van der Waals surface area contributed by atoms with Crippen molar-refractivity contribution >= 4 is 0 Å². The fourth-order valence-electron chi connectivity index (χ4n) is 7.15. The molecule has 2 aromatic rings. The van der Waals surface area contributed by atoms with Crippen LogP contribution in [0.25, 0.3) is 0 Å². The van der Waals surface area contributed by atoms with Crippen LogP contribution in [0.5, 0.6) is 17.5 Å². The molecule has 0 radical (unpaired) electrons. The first kappa shape index (κ1) is 24.5. The van der Waals surface area contributed by atoms with E-state index in [-0.39, 0.29) is 23.6 Å². The Morgan fingerprint density at radius 2 is 1.89 bits per heavy atom. The molecule has 0 bridgehead atoms. The lowest BCUT2D eigenvalue weighted by atomic mass is 9.65. The maximum absolute atomic E-state index is 12.9. The van der Waals surface area contributed by atoms with Gasteiger partial charge in [-0.25, -0.2) is 0 Å². The van der Waals surface area contributed by atoms with Gasteiger partial charge in [0.2, 0.25) is 11.8 Å². The second-order valence-electron chi connectivity index (χ2n) is 11.1. The highest BCUT2D eigenvalue weighted by molar-refractivity contribution is 5.58. The summed E-state index contributed by atoms with van der Waals surface area (Å²) < 4.78 is 18.1. The zero-order valence-electron chi connectivity index (χ0n) is 21.9. The van der Waals surface area contributed by atoms with Gasteiger partial charge in [0.1, 0.15) is 5.75 Å². The molecule has 1 unspecified atom stereocenters. The van der Waals surface area contributed by atoms with E-state index in [1.54, 1.807) is 6.07 Å². The number of hydrogen-bond acceptors (Lipinski definition) is 7. The molecular weight excluding hydrogens is 468 g/mol. The maximum Gasteiger partial charge on any atom is 0.226 e. The Hall–Kier alpha value is -2.87. The molecule has 0 saturated heterocycles. The van der Waals surface area contributed by atoms with E-state index in [2.05, 4.69) is 40.2 Å². The van der Waals surface area contributed by atoms with Gasteiger partial charge < -0.3 is 29.3 Å². The van der Waals surface area contributed by atoms with Crippen molar-refractivity contribution in [2.45, 2.75) is 42.5 Å². The van der Waals surface area contributed by atoms with Crippen LogP contribution in [0.2, 0.25) is 0 Å². The number of aliphatic hydroxyl groups excluding tert-OH is 1. The highest BCUT2D eigenvalue weighted by atomic mass is 16.5. The summed E-state index contributed by atoms with van der Waals surface area (Å²) in [5, 5.41) is 25.1. The van der Waals surface area contributed by atoms with Crippen molar-refractivity contribution in [1.29, 1.82) is 0 Å². The molecule has 7 nitrogen and oxygen atoms in total. The number of benzene rings is 1. The zero-order chi connectivity index (χ0) is 25.9. The van der Waals surface area contributed by atoms with Gasteiger partial charge >= 0.3 is 0 Å². The van der Waals surface area contributed by atoms with Crippen LogP contribution in [-0.4, -0.2) is 66.7 Å². The average Bonchev–Trinajstić information content (AvgIpc) is 3.70. The SMILES string of the molecule is COc1cc2c(c(OC)n1)[C@]1(O)[C@H](O)[C@H](CN(C)C)[C@@H](c3ccccc3)[C@]1(C1C=CC(C3CC3)=CC1)O2. The fraction of sp³-hybridized carbons (Fsp3) is 0.500. The van der Waals surface area contributed by atoms with Crippen molar-refractivity contribution in [3.63, 3.8) is 0 Å². The third kappa shape index (κ3) is 3.47. The standard InChI is InChI=1S/C30H36N2O5/c1-32(2)17-22-25(20-8-6-5-7-9-20)30(21-14-12-19(13-15-21)18-10-11-18)29(34,27(22)33)26-23(37-30)16-24(35-3)31-28(26)36-4/h5-9,12-14,16,18,21-22,25,27,33-34H,10-11,15,17H2,1-4H3/t21?,22-,25-,27-,29+,30+/m1/s1. The summed E-state index contributed by atoms with van der Waals surface area (Å²) >= 11 is 0. The van der Waals surface area contributed by atoms with E-state index in [4.69, 9.17) is 14.2 Å². The van der Waals surface area contributed by atoms with E-state index in [0.29, 0.717) is 29.7 Å². The number of methoxy groups -OCH3 is 2. The lowest BCUT2D eigenvalue weighted by molar-refractivity contribution is -0.163. The molecule has 2 heterocycles. The van der Waals surface area contributed by atoms with Crippen molar-refractivity contribution in [1.82, 2.24) is 9.88 Å². The third-order valence-electron chi connectivity index (χ3n) is 8.77. The van der Waals surface area contributed by atoms with Crippen molar-refractivity contribution in [3.8, 4) is 17.5 Å². The minimum atomic E-state index is -1.76. The van der Waals surface area contributed by atoms with Crippen LogP contribution in [0.1, 0.15) is 36.3 Å². The Bertz CT molecular complexity index is 1240. The molecule has 0 spiro atoms. The number of rotatable bonds is 7. The van der Waals surface area contributed by atoms with Crippen LogP contribution in [0.15, 0.2) is 60.2 Å². The van der Waals surface area contributed by atoms with Gasteiger partial charge in [0.05, 0.1) is 25.9 Å². The first-order valence-corrected chi connectivity index (χ1v) is 13.2. The van der Waals surface area contributed by atoms with Gasteiger partial charge in [0.15, 0.2) is 11.2 Å². The number of pyridine rings is 1. The zero-order valence-corrected chi connectivity index (χ0v) is 21.9. The van der Waals surface area contributed by atoms with Crippen molar-refractivity contribution in [2.75, 3.05) is 34.9 Å². The molecule has 6 atom stereocenters. The van der Waals surface area contributed by atoms with Gasteiger partial charge in [-0.3, -0.25) is 0 Å². The van der Waals surface area contributed by atoms with Gasteiger partial charge in [0.25, 0.3) is 0 Å². The lowest BCUT2D eigenvalue weighted by Gasteiger charge is -2.45. The molecule has 0 amide bonds. The van der Waals surface area contributed by atoms with Gasteiger partial charge in [-0.05, 0) is 50.4 Å². The number of nitrogens with zero attached hydrogens (tertiary/aromatic N) is 2. The Morgan fingerprint density at radius 3 is 2.49 bits per heavy atom. The molecule has 1 aliphatic heterocycles. The molecule has 2 saturated carbocycles. The maximum atomic E-state index is 12.9. The fourth-order valence-corrected chi connectivity index (χ4v) is 7.15. The summed E-state index contributed by atoms with van der Waals surface area (Å²) in [6.07, 6.45) is 8.77. The van der Waals surface area contributed by atoms with Crippen LogP contribution < -0.4 is 14.2 Å². The van der Waals surface area contributed by atoms with E-state index >= 15 is 0 Å². The summed E-state index contributed by atoms with van der Waals surface area (Å²) in [4.78, 5) is 6.55. The van der Waals surface area contributed by atoms with Crippen molar-refractivity contribution in [3.05, 3.63) is 71.3 Å². The van der Waals surface area contributed by atoms with Gasteiger partial charge in [0, 0.05) is 30.4 Å². The smallest absolute Gasteiger partial charge is 0.226 e. The third-order valence-corrected chi connectivity index (χ3v) is 8.77. The molecule has 37 heavy (non-hydrogen) atoms. The predicted octanol–water partition coefficient (Wildman–Crippen LogP) is 3.67. The van der Waals surface area contributed by atoms with E-state index in [9.17, 15) is 10.2 Å². The van der Waals surface area contributed by atoms with E-state index < -0.39 is 17.3 Å². The molecule has 2 fully saturated rings. The van der Waals surface area contributed by atoms with Crippen LogP contribution in [0.4, 0.5) is 0 Å². The molecular formula is C30H36N2O5. The largest absolute Gasteiger partial charge is 0.482 e. The lowest BCUT2D eigenvalue weighted by Crippen LogP contribution is -2.58. The number of aromatic nitrogens is 1. The number of hydrogen-bond donors (Lipinski definition) is 2.